The second-order valence-electron chi connectivity index (χ2n) is 7.14. The van der Waals surface area contributed by atoms with Crippen molar-refractivity contribution in [1.29, 1.82) is 0 Å². The Morgan fingerprint density at radius 2 is 1.85 bits per heavy atom. The lowest BCUT2D eigenvalue weighted by atomic mass is 10.1. The van der Waals surface area contributed by atoms with Crippen LogP contribution in [0.1, 0.15) is 36.8 Å². The summed E-state index contributed by atoms with van der Waals surface area (Å²) in [6.07, 6.45) is 3.24. The normalized spacial score (nSPS) is 11.3. The van der Waals surface area contributed by atoms with E-state index in [9.17, 15) is 9.18 Å². The largest absolute Gasteiger partial charge is 0.439 e. The number of halogens is 1. The van der Waals surface area contributed by atoms with Crippen molar-refractivity contribution in [1.82, 2.24) is 14.8 Å². The van der Waals surface area contributed by atoms with E-state index in [2.05, 4.69) is 15.4 Å². The van der Waals surface area contributed by atoms with E-state index < -0.39 is 0 Å². The second-order valence-corrected chi connectivity index (χ2v) is 7.14. The van der Waals surface area contributed by atoms with Crippen LogP contribution in [0.3, 0.4) is 0 Å². The first-order chi connectivity index (χ1) is 12.7. The summed E-state index contributed by atoms with van der Waals surface area (Å²) in [4.78, 5) is 16.7. The fraction of sp³-hybridized carbons (Fsp3) is 0.250. The van der Waals surface area contributed by atoms with Crippen molar-refractivity contribution in [2.24, 2.45) is 0 Å². The number of aryl methyl sites for hydroxylation is 1. The van der Waals surface area contributed by atoms with E-state index in [-0.39, 0.29) is 17.3 Å². The number of hydrogen-bond acceptors (Lipinski definition) is 4. The van der Waals surface area contributed by atoms with Crippen LogP contribution in [0.2, 0.25) is 0 Å². The SMILES string of the molecule is Cc1nn(C(C)(C)C)cc1C(=O)Nc1ccc(Oc2ccc(F)cc2)nc1. The lowest BCUT2D eigenvalue weighted by Gasteiger charge is -2.18. The lowest BCUT2D eigenvalue weighted by molar-refractivity contribution is 0.102. The highest BCUT2D eigenvalue weighted by Crippen LogP contribution is 2.21. The zero-order valence-electron chi connectivity index (χ0n) is 15.7. The number of pyridine rings is 1. The Labute approximate surface area is 157 Å². The van der Waals surface area contributed by atoms with Gasteiger partial charge in [0.1, 0.15) is 11.6 Å². The molecule has 0 bridgehead atoms. The van der Waals surface area contributed by atoms with Crippen LogP contribution in [0.25, 0.3) is 0 Å². The smallest absolute Gasteiger partial charge is 0.259 e. The maximum atomic E-state index is 12.9. The minimum absolute atomic E-state index is 0.204. The highest BCUT2D eigenvalue weighted by atomic mass is 19.1. The second kappa shape index (κ2) is 7.19. The zero-order chi connectivity index (χ0) is 19.6. The van der Waals surface area contributed by atoms with Crippen LogP contribution in [0, 0.1) is 12.7 Å². The van der Waals surface area contributed by atoms with E-state index in [4.69, 9.17) is 4.74 Å². The van der Waals surface area contributed by atoms with E-state index in [0.29, 0.717) is 28.6 Å². The number of hydrogen-bond donors (Lipinski definition) is 1. The Morgan fingerprint density at radius 3 is 2.41 bits per heavy atom. The minimum atomic E-state index is -0.335. The molecule has 1 N–H and O–H groups in total. The molecule has 0 aliphatic heterocycles. The third-order valence-corrected chi connectivity index (χ3v) is 3.86. The fourth-order valence-corrected chi connectivity index (χ4v) is 2.36. The van der Waals surface area contributed by atoms with Gasteiger partial charge in [0.25, 0.3) is 5.91 Å². The van der Waals surface area contributed by atoms with Gasteiger partial charge in [0.15, 0.2) is 0 Å². The molecular weight excluding hydrogens is 347 g/mol. The van der Waals surface area contributed by atoms with Crippen molar-refractivity contribution < 1.29 is 13.9 Å². The highest BCUT2D eigenvalue weighted by Gasteiger charge is 2.20. The average molecular weight is 368 g/mol. The number of nitrogens with one attached hydrogen (secondary N) is 1. The number of carbonyl (C=O) groups is 1. The Morgan fingerprint density at radius 1 is 1.15 bits per heavy atom. The number of ether oxygens (including phenoxy) is 1. The molecule has 0 spiro atoms. The van der Waals surface area contributed by atoms with Gasteiger partial charge >= 0.3 is 0 Å². The molecule has 0 radical (unpaired) electrons. The summed E-state index contributed by atoms with van der Waals surface area (Å²) in [6.45, 7) is 7.86. The maximum absolute atomic E-state index is 12.9. The van der Waals surface area contributed by atoms with Crippen LogP contribution in [-0.2, 0) is 5.54 Å². The minimum Gasteiger partial charge on any atom is -0.439 e. The molecule has 1 amide bonds. The number of rotatable bonds is 4. The molecule has 7 heteroatoms. The molecule has 0 unspecified atom stereocenters. The van der Waals surface area contributed by atoms with Gasteiger partial charge in [0.2, 0.25) is 5.88 Å². The summed E-state index contributed by atoms with van der Waals surface area (Å²) >= 11 is 0. The number of benzene rings is 1. The molecule has 3 rings (SSSR count). The first-order valence-corrected chi connectivity index (χ1v) is 8.50. The summed E-state index contributed by atoms with van der Waals surface area (Å²) in [5.41, 5.74) is 1.50. The molecule has 140 valence electrons. The van der Waals surface area contributed by atoms with Gasteiger partial charge in [0.05, 0.1) is 28.7 Å². The van der Waals surface area contributed by atoms with E-state index in [0.717, 1.165) is 0 Å². The Kier molecular flexibility index (Phi) is 4.94. The predicted octanol–water partition coefficient (Wildman–Crippen LogP) is 4.53. The van der Waals surface area contributed by atoms with E-state index >= 15 is 0 Å². The van der Waals surface area contributed by atoms with E-state index in [1.165, 1.54) is 30.5 Å². The van der Waals surface area contributed by atoms with Crippen molar-refractivity contribution in [3.05, 3.63) is 65.9 Å². The molecule has 0 fully saturated rings. The van der Waals surface area contributed by atoms with Gasteiger partial charge in [-0.2, -0.15) is 5.10 Å². The predicted molar refractivity (Wildman–Crippen MR) is 101 cm³/mol. The van der Waals surface area contributed by atoms with Gasteiger partial charge in [-0.15, -0.1) is 0 Å². The highest BCUT2D eigenvalue weighted by molar-refractivity contribution is 6.04. The molecule has 2 heterocycles. The molecule has 0 aliphatic rings. The standard InChI is InChI=1S/C20H21FN4O2/c1-13-17(12-25(24-13)20(2,3)4)19(26)23-15-7-10-18(22-11-15)27-16-8-5-14(21)6-9-16/h5-12H,1-4H3,(H,23,26). The molecule has 0 saturated heterocycles. The van der Waals surface area contributed by atoms with Crippen LogP contribution in [-0.4, -0.2) is 20.7 Å². The van der Waals surface area contributed by atoms with Crippen LogP contribution < -0.4 is 10.1 Å². The molecule has 0 atom stereocenters. The molecule has 27 heavy (non-hydrogen) atoms. The van der Waals surface area contributed by atoms with Crippen molar-refractivity contribution in [3.8, 4) is 11.6 Å². The monoisotopic (exact) mass is 368 g/mol. The van der Waals surface area contributed by atoms with Gasteiger partial charge in [-0.25, -0.2) is 9.37 Å². The Balaban J connectivity index is 1.68. The number of aromatic nitrogens is 3. The summed E-state index contributed by atoms with van der Waals surface area (Å²) in [6, 6.07) is 8.97. The molecule has 2 aromatic heterocycles. The van der Waals surface area contributed by atoms with Gasteiger partial charge in [-0.05, 0) is 58.0 Å². The van der Waals surface area contributed by atoms with Gasteiger partial charge < -0.3 is 10.1 Å². The first-order valence-electron chi connectivity index (χ1n) is 8.50. The summed E-state index contributed by atoms with van der Waals surface area (Å²) in [5.74, 6) is 0.234. The first kappa shape index (κ1) is 18.6. The van der Waals surface area contributed by atoms with Gasteiger partial charge in [0, 0.05) is 12.3 Å². The third-order valence-electron chi connectivity index (χ3n) is 3.86. The van der Waals surface area contributed by atoms with E-state index in [1.807, 2.05) is 20.8 Å². The molecule has 0 saturated carbocycles. The summed E-state index contributed by atoms with van der Waals surface area (Å²) in [7, 11) is 0. The van der Waals surface area contributed by atoms with E-state index in [1.54, 1.807) is 29.9 Å². The van der Waals surface area contributed by atoms with Crippen LogP contribution in [0.5, 0.6) is 11.6 Å². The van der Waals surface area contributed by atoms with Crippen molar-refractivity contribution in [3.63, 3.8) is 0 Å². The summed E-state index contributed by atoms with van der Waals surface area (Å²) in [5, 5.41) is 7.21. The molecular formula is C20H21FN4O2. The van der Waals surface area contributed by atoms with Gasteiger partial charge in [-0.1, -0.05) is 0 Å². The van der Waals surface area contributed by atoms with Crippen molar-refractivity contribution in [2.45, 2.75) is 33.2 Å². The van der Waals surface area contributed by atoms with Crippen LogP contribution in [0.4, 0.5) is 10.1 Å². The Bertz CT molecular complexity index is 942. The number of amides is 1. The maximum Gasteiger partial charge on any atom is 0.259 e. The Hall–Kier alpha value is -3.22. The number of nitrogens with zero attached hydrogens (tertiary/aromatic N) is 3. The van der Waals surface area contributed by atoms with Crippen molar-refractivity contribution >= 4 is 11.6 Å². The quantitative estimate of drug-likeness (QED) is 0.735. The zero-order valence-corrected chi connectivity index (χ0v) is 15.7. The molecule has 1 aromatic carbocycles. The molecule has 3 aromatic rings. The summed E-state index contributed by atoms with van der Waals surface area (Å²) < 4.78 is 20.2. The lowest BCUT2D eigenvalue weighted by Crippen LogP contribution is -2.22. The third kappa shape index (κ3) is 4.49. The van der Waals surface area contributed by atoms with Gasteiger partial charge in [-0.3, -0.25) is 9.48 Å². The molecule has 6 nitrogen and oxygen atoms in total. The number of anilines is 1. The van der Waals surface area contributed by atoms with Crippen molar-refractivity contribution in [2.75, 3.05) is 5.32 Å². The molecule has 0 aliphatic carbocycles. The average Bonchev–Trinajstić information content (AvgIpc) is 3.01. The number of carbonyl (C=O) groups excluding carboxylic acids is 1. The topological polar surface area (TPSA) is 69.0 Å². The van der Waals surface area contributed by atoms with Crippen LogP contribution >= 0.6 is 0 Å². The van der Waals surface area contributed by atoms with Crippen LogP contribution in [0.15, 0.2) is 48.8 Å². The fourth-order valence-electron chi connectivity index (χ4n) is 2.36.